The van der Waals surface area contributed by atoms with E-state index in [0.717, 1.165) is 25.2 Å². The number of aliphatic hydroxyl groups is 2. The molecule has 0 saturated heterocycles. The van der Waals surface area contributed by atoms with E-state index in [4.69, 9.17) is 0 Å². The van der Waals surface area contributed by atoms with Crippen molar-refractivity contribution in [3.8, 4) is 0 Å². The third-order valence-corrected chi connectivity index (χ3v) is 11.7. The second-order valence-corrected chi connectivity index (χ2v) is 14.1. The number of hydrogen-bond acceptors (Lipinski definition) is 2. The van der Waals surface area contributed by atoms with E-state index < -0.39 is 5.60 Å². The number of allylic oxidation sites excluding steroid dienone is 2. The van der Waals surface area contributed by atoms with Crippen LogP contribution >= 0.6 is 0 Å². The Morgan fingerprint density at radius 1 is 0.935 bits per heavy atom. The van der Waals surface area contributed by atoms with Gasteiger partial charge in [0.2, 0.25) is 0 Å². The van der Waals surface area contributed by atoms with Crippen LogP contribution in [0.2, 0.25) is 0 Å². The van der Waals surface area contributed by atoms with Crippen molar-refractivity contribution in [1.29, 1.82) is 0 Å². The smallest absolute Gasteiger partial charge is 0.0594 e. The van der Waals surface area contributed by atoms with Crippen molar-refractivity contribution < 1.29 is 10.2 Å². The van der Waals surface area contributed by atoms with E-state index in [9.17, 15) is 10.2 Å². The lowest BCUT2D eigenvalue weighted by Crippen LogP contribution is -2.55. The standard InChI is InChI=1S/C29H50O2/c1-19(11-15-25(2,3)31)20-12-17-29(8)22-9-10-23-26(4,5)24(30)14-16-27(23,6)21(22)13-18-28(20,29)7/h19-20,23-24,30-31H,9-18H2,1-8H3/t19-,20-,23+,24+,27-,28-,29+/m1/s1. The van der Waals surface area contributed by atoms with Crippen molar-refractivity contribution >= 4 is 0 Å². The fourth-order valence-corrected chi connectivity index (χ4v) is 9.41. The molecular formula is C29H50O2. The van der Waals surface area contributed by atoms with Gasteiger partial charge in [-0.2, -0.15) is 0 Å². The Hall–Kier alpha value is -0.340. The summed E-state index contributed by atoms with van der Waals surface area (Å²) in [5.74, 6) is 2.05. The minimum atomic E-state index is -0.551. The molecule has 0 aromatic heterocycles. The summed E-state index contributed by atoms with van der Waals surface area (Å²) in [6.07, 6.45) is 11.8. The van der Waals surface area contributed by atoms with Gasteiger partial charge in [0.05, 0.1) is 11.7 Å². The number of hydrogen-bond donors (Lipinski definition) is 2. The molecule has 7 atom stereocenters. The third kappa shape index (κ3) is 3.40. The van der Waals surface area contributed by atoms with Gasteiger partial charge in [-0.15, -0.1) is 0 Å². The Morgan fingerprint density at radius 3 is 2.26 bits per heavy atom. The Morgan fingerprint density at radius 2 is 1.61 bits per heavy atom. The van der Waals surface area contributed by atoms with Crippen LogP contribution in [0.15, 0.2) is 11.1 Å². The van der Waals surface area contributed by atoms with Crippen LogP contribution in [0.3, 0.4) is 0 Å². The highest BCUT2D eigenvalue weighted by atomic mass is 16.3. The second-order valence-electron chi connectivity index (χ2n) is 14.1. The molecule has 2 heteroatoms. The summed E-state index contributed by atoms with van der Waals surface area (Å²) < 4.78 is 0. The second kappa shape index (κ2) is 7.33. The van der Waals surface area contributed by atoms with E-state index >= 15 is 0 Å². The Kier molecular flexibility index (Phi) is 5.63. The zero-order valence-corrected chi connectivity index (χ0v) is 21.8. The molecule has 0 aromatic rings. The summed E-state index contributed by atoms with van der Waals surface area (Å²) in [6, 6.07) is 0. The molecule has 2 fully saturated rings. The highest BCUT2D eigenvalue weighted by Crippen LogP contribution is 2.72. The molecule has 0 radical (unpaired) electrons. The molecule has 0 spiro atoms. The summed E-state index contributed by atoms with van der Waals surface area (Å²) in [5.41, 5.74) is 4.13. The summed E-state index contributed by atoms with van der Waals surface area (Å²) in [7, 11) is 0. The van der Waals surface area contributed by atoms with Gasteiger partial charge < -0.3 is 10.2 Å². The van der Waals surface area contributed by atoms with Gasteiger partial charge in [-0.1, -0.05) is 52.7 Å². The summed E-state index contributed by atoms with van der Waals surface area (Å²) in [4.78, 5) is 0. The van der Waals surface area contributed by atoms with Crippen LogP contribution in [0.5, 0.6) is 0 Å². The summed E-state index contributed by atoms with van der Waals surface area (Å²) in [5, 5.41) is 21.1. The molecule has 4 aliphatic carbocycles. The van der Waals surface area contributed by atoms with E-state index in [0.29, 0.717) is 22.7 Å². The largest absolute Gasteiger partial charge is 0.393 e. The fourth-order valence-electron chi connectivity index (χ4n) is 9.41. The van der Waals surface area contributed by atoms with E-state index in [-0.39, 0.29) is 16.9 Å². The Labute approximate surface area is 192 Å². The third-order valence-electron chi connectivity index (χ3n) is 11.7. The topological polar surface area (TPSA) is 40.5 Å². The van der Waals surface area contributed by atoms with Gasteiger partial charge in [-0.3, -0.25) is 0 Å². The van der Waals surface area contributed by atoms with E-state index in [1.54, 1.807) is 0 Å². The molecule has 178 valence electrons. The minimum Gasteiger partial charge on any atom is -0.393 e. The maximum Gasteiger partial charge on any atom is 0.0594 e. The molecule has 4 aliphatic rings. The van der Waals surface area contributed by atoms with Crippen LogP contribution < -0.4 is 0 Å². The minimum absolute atomic E-state index is 0.0248. The van der Waals surface area contributed by atoms with Gasteiger partial charge in [-0.05, 0) is 117 Å². The van der Waals surface area contributed by atoms with Crippen molar-refractivity contribution in [2.75, 3.05) is 0 Å². The summed E-state index contributed by atoms with van der Waals surface area (Å²) in [6.45, 7) is 18.8. The molecule has 2 nitrogen and oxygen atoms in total. The molecule has 0 bridgehead atoms. The fraction of sp³-hybridized carbons (Fsp3) is 0.931. The molecule has 31 heavy (non-hydrogen) atoms. The predicted octanol–water partition coefficient (Wildman–Crippen LogP) is 7.28. The van der Waals surface area contributed by atoms with Crippen molar-refractivity contribution in [3.63, 3.8) is 0 Å². The van der Waals surface area contributed by atoms with Crippen LogP contribution in [0, 0.1) is 39.4 Å². The first-order chi connectivity index (χ1) is 14.2. The van der Waals surface area contributed by atoms with Gasteiger partial charge in [-0.25, -0.2) is 0 Å². The molecule has 2 N–H and O–H groups in total. The van der Waals surface area contributed by atoms with Crippen LogP contribution in [0.4, 0.5) is 0 Å². The lowest BCUT2D eigenvalue weighted by Gasteiger charge is -2.62. The van der Waals surface area contributed by atoms with Crippen LogP contribution in [0.1, 0.15) is 120 Å². The maximum atomic E-state index is 10.8. The molecular weight excluding hydrogens is 380 g/mol. The summed E-state index contributed by atoms with van der Waals surface area (Å²) >= 11 is 0. The highest BCUT2D eigenvalue weighted by molar-refractivity contribution is 5.38. The SMILES string of the molecule is C[C@H](CCC(C)(C)O)[C@H]1CC[C@@]2(C)C3=C(CC[C@]12C)[C@@]1(C)CC[C@H](O)C(C)(C)[C@@H]1CC3. The first-order valence-electron chi connectivity index (χ1n) is 13.3. The zero-order valence-electron chi connectivity index (χ0n) is 21.8. The molecule has 0 aliphatic heterocycles. The first kappa shape index (κ1) is 23.8. The van der Waals surface area contributed by atoms with E-state index in [1.165, 1.54) is 44.9 Å². The number of aliphatic hydroxyl groups excluding tert-OH is 1. The van der Waals surface area contributed by atoms with Gasteiger partial charge >= 0.3 is 0 Å². The Balaban J connectivity index is 1.66. The van der Waals surface area contributed by atoms with Gasteiger partial charge in [0.15, 0.2) is 0 Å². The quantitative estimate of drug-likeness (QED) is 0.460. The van der Waals surface area contributed by atoms with Gasteiger partial charge in [0.25, 0.3) is 0 Å². The molecule has 0 aromatic carbocycles. The maximum absolute atomic E-state index is 10.8. The molecule has 4 rings (SSSR count). The number of rotatable bonds is 4. The Bertz CT molecular complexity index is 742. The molecule has 0 amide bonds. The molecule has 0 unspecified atom stereocenters. The lowest BCUT2D eigenvalue weighted by atomic mass is 9.43. The van der Waals surface area contributed by atoms with Crippen LogP contribution in [-0.2, 0) is 0 Å². The van der Waals surface area contributed by atoms with E-state index in [1.807, 2.05) is 25.0 Å². The normalized spacial score (nSPS) is 45.7. The van der Waals surface area contributed by atoms with Crippen molar-refractivity contribution in [3.05, 3.63) is 11.1 Å². The molecule has 2 saturated carbocycles. The van der Waals surface area contributed by atoms with Gasteiger partial charge in [0.1, 0.15) is 0 Å². The van der Waals surface area contributed by atoms with Crippen molar-refractivity contribution in [2.24, 2.45) is 39.4 Å². The van der Waals surface area contributed by atoms with E-state index in [2.05, 4.69) is 41.5 Å². The lowest BCUT2D eigenvalue weighted by molar-refractivity contribution is -0.0963. The predicted molar refractivity (Wildman–Crippen MR) is 130 cm³/mol. The average Bonchev–Trinajstić information content (AvgIpc) is 2.94. The van der Waals surface area contributed by atoms with Crippen molar-refractivity contribution in [2.45, 2.75) is 131 Å². The zero-order chi connectivity index (χ0) is 23.0. The highest BCUT2D eigenvalue weighted by Gasteiger charge is 2.63. The van der Waals surface area contributed by atoms with Crippen LogP contribution in [-0.4, -0.2) is 21.9 Å². The van der Waals surface area contributed by atoms with Crippen molar-refractivity contribution in [1.82, 2.24) is 0 Å². The molecule has 0 heterocycles. The van der Waals surface area contributed by atoms with Crippen LogP contribution in [0.25, 0.3) is 0 Å². The first-order valence-corrected chi connectivity index (χ1v) is 13.3. The monoisotopic (exact) mass is 430 g/mol. The number of fused-ring (bicyclic) bond motifs is 4. The van der Waals surface area contributed by atoms with Gasteiger partial charge in [0, 0.05) is 0 Å². The average molecular weight is 431 g/mol.